The largest absolute Gasteiger partial charge is 0.309 e. The molecule has 0 saturated heterocycles. The van der Waals surface area contributed by atoms with E-state index >= 15 is 0 Å². The SMILES string of the molecule is N#Cc1cccc(-c2cc(-n3c4ccccc4c4cc(-n5c6ccccc6c6ccccc65)ccc43)c(-n3c4ccccc4c4cc(-n5c6ccccc6c6ccccc65)ccc43)cc2C#N)c1. The molecular formula is C62H36N6. The van der Waals surface area contributed by atoms with Crippen molar-refractivity contribution >= 4 is 87.2 Å². The van der Waals surface area contributed by atoms with Crippen LogP contribution in [0.25, 0.3) is 121 Å². The summed E-state index contributed by atoms with van der Waals surface area (Å²) in [4.78, 5) is 0. The van der Waals surface area contributed by atoms with Crippen molar-refractivity contribution in [2.24, 2.45) is 0 Å². The Kier molecular flexibility index (Phi) is 8.01. The van der Waals surface area contributed by atoms with E-state index in [-0.39, 0.29) is 0 Å². The molecule has 6 heteroatoms. The lowest BCUT2D eigenvalue weighted by Gasteiger charge is -2.20. The first-order valence-electron chi connectivity index (χ1n) is 22.8. The third-order valence-electron chi connectivity index (χ3n) is 14.0. The van der Waals surface area contributed by atoms with Crippen LogP contribution in [0.3, 0.4) is 0 Å². The molecule has 4 aromatic heterocycles. The minimum atomic E-state index is 0.515. The number of hydrogen-bond donors (Lipinski definition) is 0. The van der Waals surface area contributed by atoms with Crippen LogP contribution in [0.2, 0.25) is 0 Å². The summed E-state index contributed by atoms with van der Waals surface area (Å²) < 4.78 is 9.43. The predicted molar refractivity (Wildman–Crippen MR) is 279 cm³/mol. The Bertz CT molecular complexity index is 4430. The van der Waals surface area contributed by atoms with Gasteiger partial charge in [0.15, 0.2) is 0 Å². The Balaban J connectivity index is 1.07. The second kappa shape index (κ2) is 14.4. The van der Waals surface area contributed by atoms with E-state index in [1.54, 1.807) is 6.07 Å². The van der Waals surface area contributed by atoms with E-state index < -0.39 is 0 Å². The molecule has 314 valence electrons. The average Bonchev–Trinajstić information content (AvgIpc) is 4.13. The first kappa shape index (κ1) is 37.7. The van der Waals surface area contributed by atoms with Crippen LogP contribution < -0.4 is 0 Å². The Morgan fingerprint density at radius 3 is 1.06 bits per heavy atom. The van der Waals surface area contributed by atoms with Crippen molar-refractivity contribution in [1.29, 1.82) is 10.5 Å². The molecule has 0 amide bonds. The fourth-order valence-electron chi connectivity index (χ4n) is 11.1. The third kappa shape index (κ3) is 5.31. The molecule has 0 fully saturated rings. The first-order valence-corrected chi connectivity index (χ1v) is 22.8. The smallest absolute Gasteiger partial charge is 0.0998 e. The maximum atomic E-state index is 11.1. The fraction of sp³-hybridized carbons (Fsp3) is 0. The molecule has 0 bridgehead atoms. The molecule has 0 aliphatic heterocycles. The molecule has 4 heterocycles. The van der Waals surface area contributed by atoms with Crippen molar-refractivity contribution in [2.45, 2.75) is 0 Å². The summed E-state index contributed by atoms with van der Waals surface area (Å²) in [6, 6.07) is 81.9. The van der Waals surface area contributed by atoms with Crippen molar-refractivity contribution in [3.05, 3.63) is 230 Å². The zero-order valence-corrected chi connectivity index (χ0v) is 36.5. The summed E-state index contributed by atoms with van der Waals surface area (Å²) in [6.45, 7) is 0. The van der Waals surface area contributed by atoms with Gasteiger partial charge in [0.25, 0.3) is 0 Å². The summed E-state index contributed by atoms with van der Waals surface area (Å²) in [5, 5.41) is 30.4. The number of fused-ring (bicyclic) bond motifs is 12. The van der Waals surface area contributed by atoms with Crippen molar-refractivity contribution in [1.82, 2.24) is 18.3 Å². The topological polar surface area (TPSA) is 67.3 Å². The Labute approximate surface area is 389 Å². The second-order valence-corrected chi connectivity index (χ2v) is 17.5. The highest BCUT2D eigenvalue weighted by Crippen LogP contribution is 2.43. The van der Waals surface area contributed by atoms with E-state index in [2.05, 4.69) is 218 Å². The monoisotopic (exact) mass is 864 g/mol. The molecule has 68 heavy (non-hydrogen) atoms. The molecule has 0 spiro atoms. The van der Waals surface area contributed by atoms with Crippen LogP contribution >= 0.6 is 0 Å². The van der Waals surface area contributed by atoms with Gasteiger partial charge in [-0.05, 0) is 103 Å². The molecule has 0 aliphatic carbocycles. The summed E-state index contributed by atoms with van der Waals surface area (Å²) in [5.74, 6) is 0. The summed E-state index contributed by atoms with van der Waals surface area (Å²) in [7, 11) is 0. The summed E-state index contributed by atoms with van der Waals surface area (Å²) in [6.07, 6.45) is 0. The summed E-state index contributed by atoms with van der Waals surface area (Å²) in [5.41, 5.74) is 15.3. The van der Waals surface area contributed by atoms with Gasteiger partial charge in [-0.2, -0.15) is 10.5 Å². The maximum Gasteiger partial charge on any atom is 0.0998 e. The minimum Gasteiger partial charge on any atom is -0.309 e. The van der Waals surface area contributed by atoms with E-state index in [0.717, 1.165) is 99.6 Å². The molecular weight excluding hydrogens is 829 g/mol. The zero-order valence-electron chi connectivity index (χ0n) is 36.5. The highest BCUT2D eigenvalue weighted by molar-refractivity contribution is 6.15. The number of hydrogen-bond acceptors (Lipinski definition) is 2. The number of aromatic nitrogens is 4. The van der Waals surface area contributed by atoms with Crippen LogP contribution in [0.4, 0.5) is 0 Å². The lowest BCUT2D eigenvalue weighted by atomic mass is 9.97. The van der Waals surface area contributed by atoms with Gasteiger partial charge in [0.1, 0.15) is 0 Å². The third-order valence-corrected chi connectivity index (χ3v) is 14.0. The van der Waals surface area contributed by atoms with E-state index in [0.29, 0.717) is 11.1 Å². The molecule has 14 aromatic rings. The number of nitrogens with zero attached hydrogens (tertiary/aromatic N) is 6. The number of para-hydroxylation sites is 6. The van der Waals surface area contributed by atoms with Crippen LogP contribution in [-0.2, 0) is 0 Å². The normalized spacial score (nSPS) is 11.8. The van der Waals surface area contributed by atoms with Gasteiger partial charge in [-0.3, -0.25) is 0 Å². The van der Waals surface area contributed by atoms with Gasteiger partial charge in [-0.25, -0.2) is 0 Å². The van der Waals surface area contributed by atoms with Crippen molar-refractivity contribution < 1.29 is 0 Å². The number of benzene rings is 10. The molecule has 0 unspecified atom stereocenters. The molecule has 0 radical (unpaired) electrons. The molecule has 0 N–H and O–H groups in total. The molecule has 6 nitrogen and oxygen atoms in total. The van der Waals surface area contributed by atoms with Gasteiger partial charge in [0.2, 0.25) is 0 Å². The van der Waals surface area contributed by atoms with Crippen LogP contribution in [0, 0.1) is 22.7 Å². The average molecular weight is 865 g/mol. The van der Waals surface area contributed by atoms with E-state index in [1.807, 2.05) is 24.3 Å². The highest BCUT2D eigenvalue weighted by atomic mass is 15.1. The quantitative estimate of drug-likeness (QED) is 0.173. The Morgan fingerprint density at radius 2 is 0.647 bits per heavy atom. The van der Waals surface area contributed by atoms with Gasteiger partial charge in [-0.1, -0.05) is 121 Å². The van der Waals surface area contributed by atoms with Crippen molar-refractivity contribution in [3.63, 3.8) is 0 Å². The van der Waals surface area contributed by atoms with Gasteiger partial charge in [0, 0.05) is 60.0 Å². The van der Waals surface area contributed by atoms with Crippen LogP contribution in [0.5, 0.6) is 0 Å². The van der Waals surface area contributed by atoms with Crippen LogP contribution in [0.1, 0.15) is 11.1 Å². The zero-order chi connectivity index (χ0) is 45.0. The van der Waals surface area contributed by atoms with E-state index in [1.165, 1.54) is 21.5 Å². The van der Waals surface area contributed by atoms with Gasteiger partial charge in [0.05, 0.1) is 78.8 Å². The molecule has 0 aliphatic rings. The van der Waals surface area contributed by atoms with Crippen molar-refractivity contribution in [3.8, 4) is 46.0 Å². The molecule has 14 rings (SSSR count). The lowest BCUT2D eigenvalue weighted by molar-refractivity contribution is 1.09. The van der Waals surface area contributed by atoms with Gasteiger partial charge >= 0.3 is 0 Å². The van der Waals surface area contributed by atoms with E-state index in [4.69, 9.17) is 0 Å². The van der Waals surface area contributed by atoms with E-state index in [9.17, 15) is 10.5 Å². The van der Waals surface area contributed by atoms with Crippen molar-refractivity contribution in [2.75, 3.05) is 0 Å². The molecule has 10 aromatic carbocycles. The predicted octanol–water partition coefficient (Wildman–Crippen LogP) is 15.5. The molecule has 0 atom stereocenters. The Hall–Kier alpha value is -9.62. The van der Waals surface area contributed by atoms with Crippen LogP contribution in [0.15, 0.2) is 218 Å². The standard InChI is InChI=1S/C62H36N6/c63-37-39-14-13-15-40(32-39)50-36-62(68-58-27-12-6-21-49(58)52-35-43(29-31-60(52)68)66-55-24-9-3-18-46(55)47-19-4-10-25-56(47)66)61(33-41(50)38-64)67-57-26-11-5-20-48(57)51-34-42(28-30-59(51)67)65-53-22-7-1-16-44(53)45-17-2-8-23-54(45)65/h1-36H. The highest BCUT2D eigenvalue weighted by Gasteiger charge is 2.24. The Morgan fingerprint density at radius 1 is 0.279 bits per heavy atom. The first-order chi connectivity index (χ1) is 33.7. The van der Waals surface area contributed by atoms with Gasteiger partial charge < -0.3 is 18.3 Å². The minimum absolute atomic E-state index is 0.515. The number of rotatable bonds is 5. The molecule has 0 saturated carbocycles. The maximum absolute atomic E-state index is 11.1. The fourth-order valence-corrected chi connectivity index (χ4v) is 11.1. The summed E-state index contributed by atoms with van der Waals surface area (Å²) >= 11 is 0. The second-order valence-electron chi connectivity index (χ2n) is 17.5. The number of nitriles is 2. The van der Waals surface area contributed by atoms with Crippen LogP contribution in [-0.4, -0.2) is 18.3 Å². The lowest BCUT2D eigenvalue weighted by Crippen LogP contribution is -2.05. The van der Waals surface area contributed by atoms with Gasteiger partial charge in [-0.15, -0.1) is 0 Å².